The van der Waals surface area contributed by atoms with Crippen molar-refractivity contribution in [3.63, 3.8) is 0 Å². The lowest BCUT2D eigenvalue weighted by Gasteiger charge is -2.01. The zero-order chi connectivity index (χ0) is 23.8. The molecule has 2 heterocycles. The Morgan fingerprint density at radius 2 is 1.97 bits per heavy atom. The molecule has 9 nitrogen and oxygen atoms in total. The monoisotopic (exact) mass is 481 g/mol. The van der Waals surface area contributed by atoms with Gasteiger partial charge in [-0.1, -0.05) is 29.4 Å². The summed E-state index contributed by atoms with van der Waals surface area (Å²) in [4.78, 5) is 20.1. The Balaban J connectivity index is 1.28. The number of esters is 1. The fraction of sp³-hybridized carbons (Fsp3) is 0.174. The third kappa shape index (κ3) is 6.45. The van der Waals surface area contributed by atoms with Gasteiger partial charge in [-0.3, -0.25) is 10.2 Å². The van der Waals surface area contributed by atoms with E-state index in [4.69, 9.17) is 14.0 Å². The molecule has 0 amide bonds. The average molecular weight is 482 g/mol. The molecule has 11 heteroatoms. The van der Waals surface area contributed by atoms with E-state index in [1.807, 2.05) is 24.3 Å². The van der Waals surface area contributed by atoms with E-state index in [1.54, 1.807) is 18.5 Å². The number of hydrazone groups is 1. The molecule has 2 aromatic carbocycles. The van der Waals surface area contributed by atoms with E-state index >= 15 is 0 Å². The van der Waals surface area contributed by atoms with Gasteiger partial charge in [0.15, 0.2) is 6.61 Å². The molecule has 0 saturated carbocycles. The summed E-state index contributed by atoms with van der Waals surface area (Å²) in [7, 11) is 0. The van der Waals surface area contributed by atoms with Gasteiger partial charge in [-0.15, -0.1) is 11.3 Å². The number of ether oxygens (including phenoxy) is 2. The molecule has 0 atom stereocenters. The molecule has 0 aliphatic heterocycles. The van der Waals surface area contributed by atoms with Gasteiger partial charge in [-0.05, 0) is 36.8 Å². The van der Waals surface area contributed by atoms with Gasteiger partial charge in [0.25, 0.3) is 5.89 Å². The third-order valence-corrected chi connectivity index (χ3v) is 5.17. The predicted molar refractivity (Wildman–Crippen MR) is 124 cm³/mol. The molecule has 0 aliphatic carbocycles. The second-order valence-electron chi connectivity index (χ2n) is 6.87. The second kappa shape index (κ2) is 11.1. The number of benzene rings is 2. The lowest BCUT2D eigenvalue weighted by atomic mass is 10.1. The normalized spacial score (nSPS) is 11.0. The van der Waals surface area contributed by atoms with E-state index in [0.29, 0.717) is 34.9 Å². The molecule has 0 aliphatic rings. The van der Waals surface area contributed by atoms with Crippen LogP contribution in [0.2, 0.25) is 0 Å². The highest BCUT2D eigenvalue weighted by atomic mass is 32.1. The summed E-state index contributed by atoms with van der Waals surface area (Å²) in [5, 5.41) is 10.5. The fourth-order valence-corrected chi connectivity index (χ4v) is 3.45. The number of nitrogens with one attached hydrogen (secondary N) is 1. The van der Waals surface area contributed by atoms with Gasteiger partial charge in [-0.2, -0.15) is 10.1 Å². The van der Waals surface area contributed by atoms with Crippen LogP contribution in [-0.2, 0) is 22.6 Å². The lowest BCUT2D eigenvalue weighted by Crippen LogP contribution is -2.07. The molecule has 0 bridgehead atoms. The molecule has 4 aromatic rings. The van der Waals surface area contributed by atoms with Gasteiger partial charge in [0.2, 0.25) is 11.0 Å². The van der Waals surface area contributed by atoms with Crippen LogP contribution < -0.4 is 10.2 Å². The highest BCUT2D eigenvalue weighted by Crippen LogP contribution is 2.19. The highest BCUT2D eigenvalue weighted by Gasteiger charge is 2.10. The van der Waals surface area contributed by atoms with Crippen molar-refractivity contribution in [1.29, 1.82) is 0 Å². The number of thiazole rings is 1. The average Bonchev–Trinajstić information content (AvgIpc) is 3.49. The Morgan fingerprint density at radius 1 is 1.18 bits per heavy atom. The summed E-state index contributed by atoms with van der Waals surface area (Å²) in [5.41, 5.74) is 5.10. The summed E-state index contributed by atoms with van der Waals surface area (Å²) in [6.45, 7) is 2.18. The number of rotatable bonds is 10. The quantitative estimate of drug-likeness (QED) is 0.201. The van der Waals surface area contributed by atoms with Crippen LogP contribution in [-0.4, -0.2) is 33.9 Å². The minimum Gasteiger partial charge on any atom is -0.484 e. The van der Waals surface area contributed by atoms with Crippen LogP contribution >= 0.6 is 11.3 Å². The molecule has 34 heavy (non-hydrogen) atoms. The maximum Gasteiger partial charge on any atom is 0.311 e. The molecule has 174 valence electrons. The Labute approximate surface area is 198 Å². The van der Waals surface area contributed by atoms with Gasteiger partial charge in [0.1, 0.15) is 11.6 Å². The summed E-state index contributed by atoms with van der Waals surface area (Å²) in [6.07, 6.45) is 1.78. The Hall–Kier alpha value is -4.12. The van der Waals surface area contributed by atoms with Crippen LogP contribution in [0, 0.1) is 5.82 Å². The smallest absolute Gasteiger partial charge is 0.311 e. The molecule has 0 unspecified atom stereocenters. The zero-order valence-corrected chi connectivity index (χ0v) is 18.9. The summed E-state index contributed by atoms with van der Waals surface area (Å²) in [5.74, 6) is 0.597. The number of hydrogen-bond acceptors (Lipinski definition) is 10. The molecule has 4 rings (SSSR count). The predicted octanol–water partition coefficient (Wildman–Crippen LogP) is 4.46. The first-order valence-corrected chi connectivity index (χ1v) is 11.2. The maximum atomic E-state index is 13.0. The van der Waals surface area contributed by atoms with Crippen molar-refractivity contribution in [2.45, 2.75) is 20.0 Å². The van der Waals surface area contributed by atoms with Crippen LogP contribution in [0.1, 0.15) is 24.1 Å². The summed E-state index contributed by atoms with van der Waals surface area (Å²) >= 11 is 1.35. The molecule has 0 radical (unpaired) electrons. The van der Waals surface area contributed by atoms with Crippen LogP contribution in [0.15, 0.2) is 63.5 Å². The SMILES string of the molecule is CCOC(=O)Cc1csc(NN=Cc2ccc(-c3noc(COc4ccc(F)cc4)n3)cc2)n1. The number of halogens is 1. The standard InChI is InChI=1S/C23H20FN5O4S/c1-2-31-21(30)11-18-14-34-23(26-18)28-25-12-15-3-5-16(6-4-15)22-27-20(33-29-22)13-32-19-9-7-17(24)8-10-19/h3-10,12,14H,2,11,13H2,1H3,(H,26,28). The van der Waals surface area contributed by atoms with E-state index in [9.17, 15) is 9.18 Å². The molecule has 2 aromatic heterocycles. The van der Waals surface area contributed by atoms with Crippen LogP contribution in [0.25, 0.3) is 11.4 Å². The number of carbonyl (C=O) groups excluding carboxylic acids is 1. The molecule has 0 spiro atoms. The third-order valence-electron chi connectivity index (χ3n) is 4.37. The molecular weight excluding hydrogens is 461 g/mol. The summed E-state index contributed by atoms with van der Waals surface area (Å²) in [6, 6.07) is 13.1. The molecule has 1 N–H and O–H groups in total. The molecular formula is C23H20FN5O4S. The lowest BCUT2D eigenvalue weighted by molar-refractivity contribution is -0.142. The summed E-state index contributed by atoms with van der Waals surface area (Å²) < 4.78 is 28.6. The van der Waals surface area contributed by atoms with E-state index in [-0.39, 0.29) is 24.8 Å². The van der Waals surface area contributed by atoms with Crippen LogP contribution in [0.5, 0.6) is 5.75 Å². The minimum atomic E-state index is -0.333. The number of nitrogens with zero attached hydrogens (tertiary/aromatic N) is 4. The van der Waals surface area contributed by atoms with Crippen molar-refractivity contribution in [1.82, 2.24) is 15.1 Å². The first-order valence-electron chi connectivity index (χ1n) is 10.3. The number of hydrogen-bond donors (Lipinski definition) is 1. The number of aromatic nitrogens is 3. The fourth-order valence-electron chi connectivity index (χ4n) is 2.79. The molecule has 0 saturated heterocycles. The highest BCUT2D eigenvalue weighted by molar-refractivity contribution is 7.13. The van der Waals surface area contributed by atoms with Gasteiger partial charge >= 0.3 is 5.97 Å². The largest absolute Gasteiger partial charge is 0.484 e. The van der Waals surface area contributed by atoms with Crippen molar-refractivity contribution in [3.8, 4) is 17.1 Å². The van der Waals surface area contributed by atoms with Gasteiger partial charge in [-0.25, -0.2) is 9.37 Å². The van der Waals surface area contributed by atoms with Gasteiger partial charge < -0.3 is 14.0 Å². The van der Waals surface area contributed by atoms with Crippen molar-refractivity contribution in [3.05, 3.63) is 76.9 Å². The topological polar surface area (TPSA) is 112 Å². The van der Waals surface area contributed by atoms with Crippen LogP contribution in [0.4, 0.5) is 9.52 Å². The maximum absolute atomic E-state index is 13.0. The van der Waals surface area contributed by atoms with E-state index in [0.717, 1.165) is 11.1 Å². The van der Waals surface area contributed by atoms with Crippen molar-refractivity contribution >= 4 is 28.7 Å². The van der Waals surface area contributed by atoms with Crippen molar-refractivity contribution in [2.75, 3.05) is 12.0 Å². The molecule has 0 fully saturated rings. The zero-order valence-electron chi connectivity index (χ0n) is 18.1. The number of anilines is 1. The van der Waals surface area contributed by atoms with Gasteiger partial charge in [0, 0.05) is 10.9 Å². The van der Waals surface area contributed by atoms with Crippen molar-refractivity contribution in [2.24, 2.45) is 5.10 Å². The minimum absolute atomic E-state index is 0.0767. The van der Waals surface area contributed by atoms with E-state index < -0.39 is 0 Å². The second-order valence-corrected chi connectivity index (χ2v) is 7.73. The van der Waals surface area contributed by atoms with Gasteiger partial charge in [0.05, 0.1) is 24.9 Å². The van der Waals surface area contributed by atoms with Crippen LogP contribution in [0.3, 0.4) is 0 Å². The Kier molecular flexibility index (Phi) is 7.56. The number of carbonyl (C=O) groups is 1. The first-order chi connectivity index (χ1) is 16.6. The van der Waals surface area contributed by atoms with Crippen molar-refractivity contribution < 1.29 is 23.2 Å². The Bertz CT molecular complexity index is 1260. The Morgan fingerprint density at radius 3 is 2.74 bits per heavy atom. The first kappa shape index (κ1) is 23.1. The van der Waals surface area contributed by atoms with E-state index in [2.05, 4.69) is 25.7 Å². The van der Waals surface area contributed by atoms with E-state index in [1.165, 1.54) is 35.6 Å².